The molecule has 1 aromatic rings. The predicted octanol–water partition coefficient (Wildman–Crippen LogP) is -1.19. The minimum absolute atomic E-state index is 0.0251. The fraction of sp³-hybridized carbons (Fsp3) is 0. The number of nitrogens with two attached hydrogens (primary N) is 1. The highest BCUT2D eigenvalue weighted by Crippen LogP contribution is 1.91. The van der Waals surface area contributed by atoms with E-state index in [0.717, 1.165) is 10.0 Å². The quantitative estimate of drug-likeness (QED) is 0.416. The minimum Gasteiger partial charge on any atom is -0.384 e. The zero-order valence-electron chi connectivity index (χ0n) is 4.87. The fourth-order valence-corrected chi connectivity index (χ4v) is 0.615. The van der Waals surface area contributed by atoms with Crippen molar-refractivity contribution in [1.82, 2.24) is 8.96 Å². The molecule has 1 heterocycles. The molecule has 5 nitrogen and oxygen atoms in total. The van der Waals surface area contributed by atoms with Gasteiger partial charge in [0.25, 0.3) is 5.56 Å². The Kier molecular flexibility index (Phi) is 1.54. The second kappa shape index (κ2) is 2.22. The summed E-state index contributed by atoms with van der Waals surface area (Å²) in [4.78, 5) is 23.1. The number of aromatic nitrogens is 2. The maximum absolute atomic E-state index is 10.6. The number of hydrogen-bond donors (Lipinski definition) is 3. The van der Waals surface area contributed by atoms with E-state index >= 15 is 0 Å². The van der Waals surface area contributed by atoms with Crippen LogP contribution in [-0.2, 0) is 0 Å². The van der Waals surface area contributed by atoms with Gasteiger partial charge in [-0.3, -0.25) is 9.78 Å². The zero-order chi connectivity index (χ0) is 7.72. The van der Waals surface area contributed by atoms with Gasteiger partial charge in [-0.1, -0.05) is 12.8 Å². The normalized spacial score (nSPS) is 9.70. The van der Waals surface area contributed by atoms with Crippen LogP contribution in [0.4, 0.5) is 5.82 Å². The molecule has 1 rings (SSSR count). The standard InChI is InChI=1S/C4H5N3O2S/c5-2-1-3(8)6-4(9)7(2)10/h1,10H,5H2,(H,6,8,9). The van der Waals surface area contributed by atoms with E-state index in [4.69, 9.17) is 5.73 Å². The van der Waals surface area contributed by atoms with E-state index in [1.54, 1.807) is 0 Å². The smallest absolute Gasteiger partial charge is 0.340 e. The third-order valence-corrected chi connectivity index (χ3v) is 1.36. The number of H-pyrrole nitrogens is 1. The van der Waals surface area contributed by atoms with Gasteiger partial charge >= 0.3 is 5.69 Å². The summed E-state index contributed by atoms with van der Waals surface area (Å²) in [5.41, 5.74) is 4.04. The molecule has 0 aliphatic heterocycles. The lowest BCUT2D eigenvalue weighted by Gasteiger charge is -1.96. The molecule has 0 aromatic carbocycles. The lowest BCUT2D eigenvalue weighted by molar-refractivity contribution is 1.01. The van der Waals surface area contributed by atoms with Crippen LogP contribution in [0.3, 0.4) is 0 Å². The van der Waals surface area contributed by atoms with E-state index in [2.05, 4.69) is 12.8 Å². The molecule has 10 heavy (non-hydrogen) atoms. The highest BCUT2D eigenvalue weighted by atomic mass is 32.1. The summed E-state index contributed by atoms with van der Waals surface area (Å²) in [6, 6.07) is 1.08. The van der Waals surface area contributed by atoms with Crippen molar-refractivity contribution in [2.75, 3.05) is 5.73 Å². The highest BCUT2D eigenvalue weighted by molar-refractivity contribution is 7.78. The Morgan fingerprint density at radius 1 is 1.60 bits per heavy atom. The summed E-state index contributed by atoms with van der Waals surface area (Å²) in [6.07, 6.45) is 0. The fourth-order valence-electron chi connectivity index (χ4n) is 0.507. The summed E-state index contributed by atoms with van der Waals surface area (Å²) in [7, 11) is 0. The van der Waals surface area contributed by atoms with Crippen molar-refractivity contribution in [3.05, 3.63) is 26.9 Å². The van der Waals surface area contributed by atoms with Gasteiger partial charge in [-0.15, -0.1) is 0 Å². The van der Waals surface area contributed by atoms with Gasteiger partial charge in [-0.2, -0.15) is 0 Å². The number of nitrogens with one attached hydrogen (secondary N) is 1. The van der Waals surface area contributed by atoms with Gasteiger partial charge in [0, 0.05) is 6.07 Å². The summed E-state index contributed by atoms with van der Waals surface area (Å²) >= 11 is 3.67. The van der Waals surface area contributed by atoms with Crippen LogP contribution in [0, 0.1) is 0 Å². The molecule has 6 heteroatoms. The lowest BCUT2D eigenvalue weighted by atomic mass is 10.6. The van der Waals surface area contributed by atoms with E-state index in [0.29, 0.717) is 0 Å². The minimum atomic E-state index is -0.631. The van der Waals surface area contributed by atoms with Gasteiger partial charge in [0.1, 0.15) is 5.82 Å². The van der Waals surface area contributed by atoms with Crippen LogP contribution >= 0.6 is 12.8 Å². The lowest BCUT2D eigenvalue weighted by Crippen LogP contribution is -2.26. The average Bonchev–Trinajstić information content (AvgIpc) is 1.82. The predicted molar refractivity (Wildman–Crippen MR) is 40.1 cm³/mol. The van der Waals surface area contributed by atoms with E-state index < -0.39 is 11.2 Å². The molecule has 0 saturated carbocycles. The molecule has 0 aliphatic carbocycles. The first kappa shape index (κ1) is 6.94. The largest absolute Gasteiger partial charge is 0.384 e. The van der Waals surface area contributed by atoms with Crippen molar-refractivity contribution < 1.29 is 0 Å². The van der Waals surface area contributed by atoms with Crippen molar-refractivity contribution in [3.8, 4) is 0 Å². The van der Waals surface area contributed by atoms with Crippen LogP contribution in [0.2, 0.25) is 0 Å². The second-order valence-corrected chi connectivity index (χ2v) is 2.08. The van der Waals surface area contributed by atoms with Gasteiger partial charge in [0.2, 0.25) is 0 Å². The summed E-state index contributed by atoms with van der Waals surface area (Å²) in [6.45, 7) is 0. The number of hydrogen-bond acceptors (Lipinski definition) is 4. The number of nitrogen functional groups attached to an aromatic ring is 1. The molecule has 54 valence electrons. The summed E-state index contributed by atoms with van der Waals surface area (Å²) in [5, 5.41) is 0. The van der Waals surface area contributed by atoms with Crippen molar-refractivity contribution in [2.24, 2.45) is 0 Å². The Balaban J connectivity index is 3.62. The number of nitrogens with zero attached hydrogens (tertiary/aromatic N) is 1. The topological polar surface area (TPSA) is 80.9 Å². The van der Waals surface area contributed by atoms with Gasteiger partial charge in [0.05, 0.1) is 0 Å². The van der Waals surface area contributed by atoms with E-state index in [1.165, 1.54) is 0 Å². The maximum atomic E-state index is 10.6. The molecular formula is C4H5N3O2S. The Hall–Kier alpha value is -1.17. The number of aromatic amines is 1. The van der Waals surface area contributed by atoms with Crippen LogP contribution in [0.5, 0.6) is 0 Å². The molecule has 0 atom stereocenters. The van der Waals surface area contributed by atoms with Crippen molar-refractivity contribution >= 4 is 18.6 Å². The van der Waals surface area contributed by atoms with Crippen molar-refractivity contribution in [1.29, 1.82) is 0 Å². The van der Waals surface area contributed by atoms with Crippen LogP contribution in [0.15, 0.2) is 15.7 Å². The maximum Gasteiger partial charge on any atom is 0.340 e. The number of rotatable bonds is 0. The molecule has 0 fully saturated rings. The second-order valence-electron chi connectivity index (χ2n) is 1.68. The molecule has 0 radical (unpaired) electrons. The van der Waals surface area contributed by atoms with Crippen LogP contribution in [-0.4, -0.2) is 8.96 Å². The first-order chi connectivity index (χ1) is 4.61. The molecule has 1 aromatic heterocycles. The SMILES string of the molecule is Nc1cc(=O)[nH]c(=O)n1S. The molecule has 3 N–H and O–H groups in total. The monoisotopic (exact) mass is 159 g/mol. The highest BCUT2D eigenvalue weighted by Gasteiger charge is 1.95. The summed E-state index contributed by atoms with van der Waals surface area (Å²) < 4.78 is 0.849. The molecule has 0 saturated heterocycles. The van der Waals surface area contributed by atoms with E-state index in [1.807, 2.05) is 4.98 Å². The Labute approximate surface area is 61.0 Å². The molecule has 0 unspecified atom stereocenters. The molecule has 0 bridgehead atoms. The van der Waals surface area contributed by atoms with Crippen molar-refractivity contribution in [2.45, 2.75) is 0 Å². The van der Waals surface area contributed by atoms with E-state index in [9.17, 15) is 9.59 Å². The van der Waals surface area contributed by atoms with Gasteiger partial charge < -0.3 is 5.73 Å². The van der Waals surface area contributed by atoms with Crippen LogP contribution in [0.25, 0.3) is 0 Å². The Morgan fingerprint density at radius 2 is 2.20 bits per heavy atom. The Morgan fingerprint density at radius 3 is 2.70 bits per heavy atom. The molecule has 0 amide bonds. The molecule has 0 aliphatic rings. The number of thiol groups is 1. The number of anilines is 1. The van der Waals surface area contributed by atoms with Crippen LogP contribution in [0.1, 0.15) is 0 Å². The first-order valence-corrected chi connectivity index (χ1v) is 2.82. The third kappa shape index (κ3) is 1.06. The molecule has 0 spiro atoms. The average molecular weight is 159 g/mol. The molecular weight excluding hydrogens is 154 g/mol. The third-order valence-electron chi connectivity index (χ3n) is 0.946. The van der Waals surface area contributed by atoms with Crippen molar-refractivity contribution in [3.63, 3.8) is 0 Å². The van der Waals surface area contributed by atoms with Gasteiger partial charge in [-0.25, -0.2) is 8.77 Å². The van der Waals surface area contributed by atoms with Gasteiger partial charge in [-0.05, 0) is 0 Å². The first-order valence-electron chi connectivity index (χ1n) is 2.42. The van der Waals surface area contributed by atoms with Gasteiger partial charge in [0.15, 0.2) is 0 Å². The summed E-state index contributed by atoms with van der Waals surface area (Å²) in [5.74, 6) is 0.0251. The van der Waals surface area contributed by atoms with E-state index in [-0.39, 0.29) is 5.82 Å². The van der Waals surface area contributed by atoms with Crippen LogP contribution < -0.4 is 17.0 Å². The Bertz CT molecular complexity index is 352. The zero-order valence-corrected chi connectivity index (χ0v) is 5.76.